The largest absolute Gasteiger partial charge is 0.362 e. The van der Waals surface area contributed by atoms with E-state index in [-0.39, 0.29) is 0 Å². The maximum atomic E-state index is 3.78. The van der Waals surface area contributed by atoms with E-state index in [4.69, 9.17) is 0 Å². The smallest absolute Gasteiger partial charge is 0.0300 e. The van der Waals surface area contributed by atoms with Crippen LogP contribution >= 0.6 is 0 Å². The molecule has 0 radical (unpaired) electrons. The summed E-state index contributed by atoms with van der Waals surface area (Å²) in [6.45, 7) is 11.6. The van der Waals surface area contributed by atoms with Crippen LogP contribution in [0.1, 0.15) is 18.1 Å². The van der Waals surface area contributed by atoms with Gasteiger partial charge in [-0.15, -0.1) is 0 Å². The molecular formula is C14H17N. The number of aryl methyl sites for hydroxylation is 1. The van der Waals surface area contributed by atoms with Crippen molar-refractivity contribution in [2.75, 3.05) is 0 Å². The lowest BCUT2D eigenvalue weighted by atomic mass is 10.1. The molecule has 0 unspecified atom stereocenters. The Balaban J connectivity index is 2.75. The van der Waals surface area contributed by atoms with E-state index < -0.39 is 0 Å². The lowest BCUT2D eigenvalue weighted by molar-refractivity contribution is 1.12. The van der Waals surface area contributed by atoms with Crippen LogP contribution in [0.2, 0.25) is 0 Å². The average molecular weight is 199 g/mol. The molecule has 0 aliphatic rings. The molecule has 0 aromatic heterocycles. The fraction of sp³-hybridized carbons (Fsp3) is 0.143. The van der Waals surface area contributed by atoms with Gasteiger partial charge < -0.3 is 5.32 Å². The lowest BCUT2D eigenvalue weighted by Gasteiger charge is -2.04. The second kappa shape index (κ2) is 5.20. The number of hydrogen-bond acceptors (Lipinski definition) is 1. The van der Waals surface area contributed by atoms with Crippen molar-refractivity contribution in [3.05, 3.63) is 66.5 Å². The molecule has 0 heterocycles. The van der Waals surface area contributed by atoms with Crippen molar-refractivity contribution in [2.24, 2.45) is 0 Å². The van der Waals surface area contributed by atoms with Crippen LogP contribution in [0.15, 0.2) is 55.4 Å². The second-order valence-electron chi connectivity index (χ2n) is 3.57. The molecule has 0 aliphatic heterocycles. The first-order valence-corrected chi connectivity index (χ1v) is 4.95. The quantitative estimate of drug-likeness (QED) is 0.730. The van der Waals surface area contributed by atoms with Gasteiger partial charge in [-0.3, -0.25) is 0 Å². The Hall–Kier alpha value is -1.76. The van der Waals surface area contributed by atoms with Crippen LogP contribution in [-0.4, -0.2) is 0 Å². The van der Waals surface area contributed by atoms with Gasteiger partial charge in [0.1, 0.15) is 0 Å². The fourth-order valence-electron chi connectivity index (χ4n) is 1.16. The van der Waals surface area contributed by atoms with Crippen molar-refractivity contribution in [3.8, 4) is 0 Å². The third-order valence-electron chi connectivity index (χ3n) is 2.23. The van der Waals surface area contributed by atoms with Crippen LogP contribution in [0.3, 0.4) is 0 Å². The fourth-order valence-corrected chi connectivity index (χ4v) is 1.16. The highest BCUT2D eigenvalue weighted by Crippen LogP contribution is 2.13. The standard InChI is InChI=1S/C14H17N/c1-5-13(4)15-10-12(3)14-8-6-11(2)7-9-14/h5-10,15H,1,4H2,2-3H3/b12-10+. The first kappa shape index (κ1) is 11.3. The van der Waals surface area contributed by atoms with Gasteiger partial charge in [-0.05, 0) is 31.1 Å². The number of nitrogens with one attached hydrogen (secondary N) is 1. The molecule has 0 amide bonds. The van der Waals surface area contributed by atoms with E-state index in [0.29, 0.717) is 0 Å². The molecule has 1 nitrogen and oxygen atoms in total. The molecule has 1 aromatic carbocycles. The number of allylic oxidation sites excluding steroid dienone is 2. The predicted octanol–water partition coefficient (Wildman–Crippen LogP) is 3.65. The van der Waals surface area contributed by atoms with Gasteiger partial charge in [-0.1, -0.05) is 43.0 Å². The molecule has 0 aliphatic carbocycles. The topological polar surface area (TPSA) is 12.0 Å². The molecule has 0 spiro atoms. The zero-order chi connectivity index (χ0) is 11.3. The van der Waals surface area contributed by atoms with E-state index in [1.165, 1.54) is 16.7 Å². The summed E-state index contributed by atoms with van der Waals surface area (Å²) in [5.74, 6) is 0. The van der Waals surface area contributed by atoms with Crippen molar-refractivity contribution in [3.63, 3.8) is 0 Å². The Morgan fingerprint density at radius 3 is 2.40 bits per heavy atom. The number of benzene rings is 1. The monoisotopic (exact) mass is 199 g/mol. The van der Waals surface area contributed by atoms with Crippen LogP contribution in [-0.2, 0) is 0 Å². The van der Waals surface area contributed by atoms with Crippen molar-refractivity contribution < 1.29 is 0 Å². The van der Waals surface area contributed by atoms with Crippen LogP contribution in [0, 0.1) is 6.92 Å². The molecule has 1 aromatic rings. The van der Waals surface area contributed by atoms with Crippen LogP contribution in [0.25, 0.3) is 5.57 Å². The molecule has 0 fully saturated rings. The predicted molar refractivity (Wildman–Crippen MR) is 67.3 cm³/mol. The number of rotatable bonds is 4. The molecule has 0 bridgehead atoms. The van der Waals surface area contributed by atoms with Crippen molar-refractivity contribution in [1.29, 1.82) is 0 Å². The van der Waals surface area contributed by atoms with Gasteiger partial charge >= 0.3 is 0 Å². The van der Waals surface area contributed by atoms with Crippen molar-refractivity contribution in [1.82, 2.24) is 5.32 Å². The summed E-state index contributed by atoms with van der Waals surface area (Å²) in [6.07, 6.45) is 3.63. The Morgan fingerprint density at radius 2 is 1.87 bits per heavy atom. The van der Waals surface area contributed by atoms with Gasteiger partial charge in [-0.2, -0.15) is 0 Å². The summed E-state index contributed by atoms with van der Waals surface area (Å²) in [5.41, 5.74) is 4.47. The molecule has 0 atom stereocenters. The molecule has 78 valence electrons. The first-order valence-electron chi connectivity index (χ1n) is 4.95. The molecule has 15 heavy (non-hydrogen) atoms. The van der Waals surface area contributed by atoms with Gasteiger partial charge in [0.2, 0.25) is 0 Å². The van der Waals surface area contributed by atoms with Crippen LogP contribution in [0.5, 0.6) is 0 Å². The maximum absolute atomic E-state index is 3.78. The van der Waals surface area contributed by atoms with Crippen LogP contribution in [0.4, 0.5) is 0 Å². The van der Waals surface area contributed by atoms with Gasteiger partial charge in [0, 0.05) is 11.9 Å². The SMILES string of the molecule is C=CC(=C)N/C=C(\C)c1ccc(C)cc1. The third kappa shape index (κ3) is 3.47. The summed E-state index contributed by atoms with van der Waals surface area (Å²) in [7, 11) is 0. The zero-order valence-corrected chi connectivity index (χ0v) is 9.38. The first-order chi connectivity index (χ1) is 7.13. The summed E-state index contributed by atoms with van der Waals surface area (Å²) in [4.78, 5) is 0. The zero-order valence-electron chi connectivity index (χ0n) is 9.38. The van der Waals surface area contributed by atoms with Crippen molar-refractivity contribution >= 4 is 5.57 Å². The average Bonchev–Trinajstić information content (AvgIpc) is 2.26. The molecule has 0 saturated heterocycles. The highest BCUT2D eigenvalue weighted by Gasteiger charge is 1.94. The van der Waals surface area contributed by atoms with E-state index in [1.807, 2.05) is 6.20 Å². The summed E-state index contributed by atoms with van der Waals surface area (Å²) in [5, 5.41) is 3.07. The van der Waals surface area contributed by atoms with Gasteiger partial charge in [0.05, 0.1) is 0 Å². The van der Waals surface area contributed by atoms with Crippen LogP contribution < -0.4 is 5.32 Å². The van der Waals surface area contributed by atoms with Gasteiger partial charge in [-0.25, -0.2) is 0 Å². The Labute approximate surface area is 91.8 Å². The highest BCUT2D eigenvalue weighted by atomic mass is 14.8. The molecule has 1 heteroatoms. The Morgan fingerprint density at radius 1 is 1.27 bits per heavy atom. The van der Waals surface area contributed by atoms with Crippen molar-refractivity contribution in [2.45, 2.75) is 13.8 Å². The summed E-state index contributed by atoms with van der Waals surface area (Å²) in [6, 6.07) is 8.43. The van der Waals surface area contributed by atoms with E-state index in [1.54, 1.807) is 6.08 Å². The summed E-state index contributed by atoms with van der Waals surface area (Å²) < 4.78 is 0. The Bertz CT molecular complexity index is 382. The molecule has 1 N–H and O–H groups in total. The molecule has 1 rings (SSSR count). The number of hydrogen-bond donors (Lipinski definition) is 1. The second-order valence-corrected chi connectivity index (χ2v) is 3.57. The minimum atomic E-state index is 0.807. The van der Waals surface area contributed by atoms with E-state index in [2.05, 4.69) is 56.6 Å². The normalized spacial score (nSPS) is 10.9. The maximum Gasteiger partial charge on any atom is 0.0300 e. The van der Waals surface area contributed by atoms with E-state index >= 15 is 0 Å². The van der Waals surface area contributed by atoms with Gasteiger partial charge in [0.25, 0.3) is 0 Å². The summed E-state index contributed by atoms with van der Waals surface area (Å²) >= 11 is 0. The highest BCUT2D eigenvalue weighted by molar-refractivity contribution is 5.63. The minimum absolute atomic E-state index is 0.807. The van der Waals surface area contributed by atoms with Gasteiger partial charge in [0.15, 0.2) is 0 Å². The molecule has 0 saturated carbocycles. The van der Waals surface area contributed by atoms with E-state index in [9.17, 15) is 0 Å². The molecular weight excluding hydrogens is 182 g/mol. The lowest BCUT2D eigenvalue weighted by Crippen LogP contribution is -2.01. The Kier molecular flexibility index (Phi) is 3.92. The minimum Gasteiger partial charge on any atom is -0.362 e. The third-order valence-corrected chi connectivity index (χ3v) is 2.23. The van der Waals surface area contributed by atoms with E-state index in [0.717, 1.165) is 5.70 Å².